The van der Waals surface area contributed by atoms with Crippen molar-refractivity contribution in [3.63, 3.8) is 0 Å². The van der Waals surface area contributed by atoms with Gasteiger partial charge in [0.15, 0.2) is 0 Å². The van der Waals surface area contributed by atoms with Crippen molar-refractivity contribution in [2.24, 2.45) is 5.73 Å². The summed E-state index contributed by atoms with van der Waals surface area (Å²) in [4.78, 5) is 0. The Morgan fingerprint density at radius 1 is 1.62 bits per heavy atom. The smallest absolute Gasteiger partial charge is 0.233 e. The molecule has 4 nitrogen and oxygen atoms in total. The minimum atomic E-state index is -0.247. The number of nitrogens with zero attached hydrogens (tertiary/aromatic N) is 2. The number of hydrogen-bond donors (Lipinski definition) is 1. The molecule has 1 aromatic rings. The van der Waals surface area contributed by atoms with E-state index in [1.54, 1.807) is 12.1 Å². The van der Waals surface area contributed by atoms with Crippen LogP contribution in [-0.2, 0) is 0 Å². The SMILES string of the molecule is C#CCC(N)c1ccc(OC)nn1. The topological polar surface area (TPSA) is 61.0 Å². The predicted octanol–water partition coefficient (Wildman–Crippen LogP) is 0.508. The zero-order chi connectivity index (χ0) is 9.68. The number of aromatic nitrogens is 2. The van der Waals surface area contributed by atoms with Gasteiger partial charge in [0.2, 0.25) is 5.88 Å². The van der Waals surface area contributed by atoms with Gasteiger partial charge in [-0.3, -0.25) is 0 Å². The van der Waals surface area contributed by atoms with Crippen LogP contribution in [0.1, 0.15) is 18.2 Å². The van der Waals surface area contributed by atoms with Crippen LogP contribution in [0.2, 0.25) is 0 Å². The van der Waals surface area contributed by atoms with Gasteiger partial charge in [-0.2, -0.15) is 5.10 Å². The van der Waals surface area contributed by atoms with Crippen LogP contribution < -0.4 is 10.5 Å². The molecule has 0 fully saturated rings. The third-order valence-corrected chi connectivity index (χ3v) is 1.59. The van der Waals surface area contributed by atoms with Crippen LogP contribution in [0.15, 0.2) is 12.1 Å². The average molecular weight is 177 g/mol. The standard InChI is InChI=1S/C9H11N3O/c1-3-4-7(10)8-5-6-9(13-2)12-11-8/h1,5-7H,4,10H2,2H3. The van der Waals surface area contributed by atoms with E-state index in [1.807, 2.05) is 0 Å². The molecular weight excluding hydrogens is 166 g/mol. The van der Waals surface area contributed by atoms with Crippen molar-refractivity contribution in [3.05, 3.63) is 17.8 Å². The molecule has 0 amide bonds. The largest absolute Gasteiger partial charge is 0.480 e. The maximum Gasteiger partial charge on any atom is 0.233 e. The first-order valence-corrected chi connectivity index (χ1v) is 3.84. The number of ether oxygens (including phenoxy) is 1. The molecule has 0 saturated heterocycles. The predicted molar refractivity (Wildman–Crippen MR) is 49.0 cm³/mol. The van der Waals surface area contributed by atoms with Crippen LogP contribution in [0.25, 0.3) is 0 Å². The fourth-order valence-corrected chi connectivity index (χ4v) is 0.869. The zero-order valence-corrected chi connectivity index (χ0v) is 7.40. The molecular formula is C9H11N3O. The van der Waals surface area contributed by atoms with E-state index in [0.29, 0.717) is 18.0 Å². The lowest BCUT2D eigenvalue weighted by Gasteiger charge is -2.06. The van der Waals surface area contributed by atoms with Gasteiger partial charge in [-0.15, -0.1) is 17.4 Å². The molecule has 4 heteroatoms. The summed E-state index contributed by atoms with van der Waals surface area (Å²) in [6.45, 7) is 0. The summed E-state index contributed by atoms with van der Waals surface area (Å²) >= 11 is 0. The van der Waals surface area contributed by atoms with Gasteiger partial charge < -0.3 is 10.5 Å². The fourth-order valence-electron chi connectivity index (χ4n) is 0.869. The van der Waals surface area contributed by atoms with E-state index in [0.717, 1.165) is 0 Å². The van der Waals surface area contributed by atoms with E-state index in [1.165, 1.54) is 7.11 Å². The molecule has 0 radical (unpaired) electrons. The van der Waals surface area contributed by atoms with E-state index in [9.17, 15) is 0 Å². The minimum Gasteiger partial charge on any atom is -0.480 e. The molecule has 0 aliphatic carbocycles. The van der Waals surface area contributed by atoms with Crippen molar-refractivity contribution >= 4 is 0 Å². The molecule has 0 spiro atoms. The van der Waals surface area contributed by atoms with Crippen molar-refractivity contribution in [1.82, 2.24) is 10.2 Å². The van der Waals surface area contributed by atoms with Gasteiger partial charge in [0.1, 0.15) is 0 Å². The zero-order valence-electron chi connectivity index (χ0n) is 7.40. The Morgan fingerprint density at radius 2 is 2.38 bits per heavy atom. The second-order valence-electron chi connectivity index (χ2n) is 2.52. The van der Waals surface area contributed by atoms with Gasteiger partial charge in [0.25, 0.3) is 0 Å². The Labute approximate surface area is 77.1 Å². The van der Waals surface area contributed by atoms with Crippen LogP contribution in [0.5, 0.6) is 5.88 Å². The molecule has 2 N–H and O–H groups in total. The third-order valence-electron chi connectivity index (χ3n) is 1.59. The molecule has 0 saturated carbocycles. The third kappa shape index (κ3) is 2.42. The first-order chi connectivity index (χ1) is 6.27. The maximum atomic E-state index is 5.71. The number of terminal acetylenes is 1. The monoisotopic (exact) mass is 177 g/mol. The normalized spacial score (nSPS) is 11.8. The van der Waals surface area contributed by atoms with Crippen molar-refractivity contribution in [2.45, 2.75) is 12.5 Å². The second kappa shape index (κ2) is 4.43. The molecule has 1 aromatic heterocycles. The Hall–Kier alpha value is -1.60. The highest BCUT2D eigenvalue weighted by Gasteiger charge is 2.06. The number of methoxy groups -OCH3 is 1. The molecule has 1 rings (SSSR count). The summed E-state index contributed by atoms with van der Waals surface area (Å²) in [5.74, 6) is 2.94. The molecule has 1 heterocycles. The molecule has 13 heavy (non-hydrogen) atoms. The molecule has 1 unspecified atom stereocenters. The lowest BCUT2D eigenvalue weighted by molar-refractivity contribution is 0.390. The van der Waals surface area contributed by atoms with E-state index in [-0.39, 0.29) is 6.04 Å². The molecule has 1 atom stereocenters. The fraction of sp³-hybridized carbons (Fsp3) is 0.333. The van der Waals surface area contributed by atoms with Crippen molar-refractivity contribution in [2.75, 3.05) is 7.11 Å². The average Bonchev–Trinajstić information content (AvgIpc) is 2.18. The first-order valence-electron chi connectivity index (χ1n) is 3.84. The lowest BCUT2D eigenvalue weighted by atomic mass is 10.1. The van der Waals surface area contributed by atoms with Gasteiger partial charge in [0, 0.05) is 12.5 Å². The van der Waals surface area contributed by atoms with Crippen molar-refractivity contribution in [1.29, 1.82) is 0 Å². The lowest BCUT2D eigenvalue weighted by Crippen LogP contribution is -2.11. The number of rotatable bonds is 3. The van der Waals surface area contributed by atoms with Gasteiger partial charge in [-0.1, -0.05) is 0 Å². The van der Waals surface area contributed by atoms with Gasteiger partial charge >= 0.3 is 0 Å². The summed E-state index contributed by atoms with van der Waals surface area (Å²) in [5, 5.41) is 7.65. The number of nitrogens with two attached hydrogens (primary N) is 1. The first kappa shape index (κ1) is 9.49. The Bertz CT molecular complexity index is 302. The van der Waals surface area contributed by atoms with Crippen LogP contribution in [-0.4, -0.2) is 17.3 Å². The van der Waals surface area contributed by atoms with E-state index < -0.39 is 0 Å². The van der Waals surface area contributed by atoms with E-state index in [2.05, 4.69) is 16.1 Å². The summed E-state index contributed by atoms with van der Waals surface area (Å²) < 4.78 is 4.85. The van der Waals surface area contributed by atoms with Crippen molar-refractivity contribution in [3.8, 4) is 18.2 Å². The summed E-state index contributed by atoms with van der Waals surface area (Å²) in [6, 6.07) is 3.22. The maximum absolute atomic E-state index is 5.71. The molecule has 0 aliphatic heterocycles. The highest BCUT2D eigenvalue weighted by atomic mass is 16.5. The van der Waals surface area contributed by atoms with Crippen LogP contribution in [0.3, 0.4) is 0 Å². The Kier molecular flexibility index (Phi) is 3.23. The number of hydrogen-bond acceptors (Lipinski definition) is 4. The second-order valence-corrected chi connectivity index (χ2v) is 2.52. The highest BCUT2D eigenvalue weighted by Crippen LogP contribution is 2.11. The quantitative estimate of drug-likeness (QED) is 0.683. The molecule has 0 aromatic carbocycles. The van der Waals surface area contributed by atoms with Crippen LogP contribution >= 0.6 is 0 Å². The van der Waals surface area contributed by atoms with Gasteiger partial charge in [0.05, 0.1) is 18.8 Å². The summed E-state index contributed by atoms with van der Waals surface area (Å²) in [6.07, 6.45) is 5.58. The van der Waals surface area contributed by atoms with Gasteiger partial charge in [-0.25, -0.2) is 0 Å². The summed E-state index contributed by atoms with van der Waals surface area (Å²) in [5.41, 5.74) is 6.39. The summed E-state index contributed by atoms with van der Waals surface area (Å²) in [7, 11) is 1.53. The Morgan fingerprint density at radius 3 is 2.85 bits per heavy atom. The minimum absolute atomic E-state index is 0.247. The molecule has 0 bridgehead atoms. The molecule has 68 valence electrons. The van der Waals surface area contributed by atoms with Crippen LogP contribution in [0.4, 0.5) is 0 Å². The van der Waals surface area contributed by atoms with Crippen LogP contribution in [0, 0.1) is 12.3 Å². The van der Waals surface area contributed by atoms with Gasteiger partial charge in [-0.05, 0) is 6.07 Å². The molecule has 0 aliphatic rings. The van der Waals surface area contributed by atoms with E-state index in [4.69, 9.17) is 16.9 Å². The van der Waals surface area contributed by atoms with E-state index >= 15 is 0 Å². The highest BCUT2D eigenvalue weighted by molar-refractivity contribution is 5.14. The van der Waals surface area contributed by atoms with Crippen molar-refractivity contribution < 1.29 is 4.74 Å². The Balaban J connectivity index is 2.74.